The summed E-state index contributed by atoms with van der Waals surface area (Å²) in [6.45, 7) is 0. The summed E-state index contributed by atoms with van der Waals surface area (Å²) in [5.74, 6) is 0. The van der Waals surface area contributed by atoms with Crippen molar-refractivity contribution in [1.29, 1.82) is 0 Å². The molecule has 0 saturated carbocycles. The molecule has 6 N–H and O–H groups in total. The Morgan fingerprint density at radius 2 is 1.00 bits per heavy atom. The van der Waals surface area contributed by atoms with Crippen molar-refractivity contribution in [3.63, 3.8) is 0 Å². The summed E-state index contributed by atoms with van der Waals surface area (Å²) in [5, 5.41) is 0. The number of rotatable bonds is 5. The van der Waals surface area contributed by atoms with Crippen LogP contribution in [0, 0.1) is 0 Å². The van der Waals surface area contributed by atoms with Crippen LogP contribution < -0.4 is 11.5 Å². The number of hydrogen-bond acceptors (Lipinski definition) is 6. The maximum Gasteiger partial charge on any atom is 0.294 e. The van der Waals surface area contributed by atoms with Crippen molar-refractivity contribution in [2.75, 3.05) is 11.5 Å². The standard InChI is InChI=1S/C14H16N2O6S2.2Na/c15-11-5-3-9(13(7-11)23(17,18)19)1-2-10-4-6-12(16)8-14(10)24(20,21)22;;/h3-8H,1-2,15-16H2,(H,17,18,19)(H,20,21,22);;. The molecular weight excluding hydrogens is 402 g/mol. The quantitative estimate of drug-likeness (QED) is 0.308. The average molecular weight is 418 g/mol. The smallest absolute Gasteiger partial charge is 0.294 e. The molecule has 0 aromatic heterocycles. The summed E-state index contributed by atoms with van der Waals surface area (Å²) in [6.07, 6.45) is 0.198. The third-order valence-electron chi connectivity index (χ3n) is 3.40. The predicted octanol–water partition coefficient (Wildman–Crippen LogP) is 0.368. The van der Waals surface area contributed by atoms with Crippen LogP contribution in [0.2, 0.25) is 0 Å². The minimum Gasteiger partial charge on any atom is -0.399 e. The molecule has 0 unspecified atom stereocenters. The van der Waals surface area contributed by atoms with Gasteiger partial charge in [0.2, 0.25) is 0 Å². The molecule has 0 saturated heterocycles. The number of aryl methyl sites for hydroxylation is 2. The molecule has 0 bridgehead atoms. The molecule has 0 fully saturated rings. The maximum atomic E-state index is 11.4. The zero-order chi connectivity index (χ0) is 18.1. The third kappa shape index (κ3) is 6.79. The number of benzene rings is 2. The zero-order valence-corrected chi connectivity index (χ0v) is 20.0. The van der Waals surface area contributed by atoms with Crippen molar-refractivity contribution < 1.29 is 25.9 Å². The molecule has 0 atom stereocenters. The Morgan fingerprint density at radius 1 is 0.692 bits per heavy atom. The number of nitrogen functional groups attached to an aromatic ring is 2. The van der Waals surface area contributed by atoms with E-state index >= 15 is 0 Å². The fraction of sp³-hybridized carbons (Fsp3) is 0.143. The van der Waals surface area contributed by atoms with E-state index in [9.17, 15) is 25.9 Å². The predicted molar refractivity (Wildman–Crippen MR) is 100 cm³/mol. The van der Waals surface area contributed by atoms with Crippen molar-refractivity contribution >= 4 is 90.7 Å². The molecule has 26 heavy (non-hydrogen) atoms. The summed E-state index contributed by atoms with van der Waals surface area (Å²) in [7, 11) is -8.95. The van der Waals surface area contributed by atoms with Crippen molar-refractivity contribution in [1.82, 2.24) is 0 Å². The van der Waals surface area contributed by atoms with E-state index in [-0.39, 0.29) is 104 Å². The molecular formula is C14H16N2Na2O6S2. The molecule has 8 nitrogen and oxygen atoms in total. The first-order chi connectivity index (χ1) is 11.0. The van der Waals surface area contributed by atoms with Crippen LogP contribution in [0.5, 0.6) is 0 Å². The molecule has 0 amide bonds. The van der Waals surface area contributed by atoms with E-state index in [4.69, 9.17) is 11.5 Å². The van der Waals surface area contributed by atoms with Crippen LogP contribution in [0.15, 0.2) is 46.2 Å². The first-order valence-electron chi connectivity index (χ1n) is 6.70. The summed E-state index contributed by atoms with van der Waals surface area (Å²) >= 11 is 0. The van der Waals surface area contributed by atoms with Gasteiger partial charge in [0.25, 0.3) is 20.2 Å². The number of anilines is 2. The van der Waals surface area contributed by atoms with E-state index in [1.807, 2.05) is 0 Å². The molecule has 2 aromatic carbocycles. The van der Waals surface area contributed by atoms with Crippen LogP contribution in [-0.2, 0) is 33.1 Å². The van der Waals surface area contributed by atoms with Crippen LogP contribution in [-0.4, -0.2) is 85.1 Å². The fourth-order valence-corrected chi connectivity index (χ4v) is 3.88. The van der Waals surface area contributed by atoms with Crippen molar-refractivity contribution in [3.8, 4) is 0 Å². The Kier molecular flexibility index (Phi) is 9.82. The van der Waals surface area contributed by atoms with Gasteiger partial charge in [0.05, 0.1) is 9.79 Å². The van der Waals surface area contributed by atoms with Gasteiger partial charge < -0.3 is 11.5 Å². The van der Waals surface area contributed by atoms with Crippen LogP contribution in [0.3, 0.4) is 0 Å². The second kappa shape index (κ2) is 9.87. The molecule has 0 spiro atoms. The van der Waals surface area contributed by atoms with Gasteiger partial charge in [-0.3, -0.25) is 9.11 Å². The summed E-state index contributed by atoms with van der Waals surface area (Å²) in [4.78, 5) is -0.683. The van der Waals surface area contributed by atoms with Gasteiger partial charge in [-0.15, -0.1) is 0 Å². The minimum atomic E-state index is -4.47. The van der Waals surface area contributed by atoms with Gasteiger partial charge in [-0.05, 0) is 48.2 Å². The minimum absolute atomic E-state index is 0. The molecule has 0 heterocycles. The molecule has 2 radical (unpaired) electrons. The fourth-order valence-electron chi connectivity index (χ4n) is 2.30. The molecule has 132 valence electrons. The van der Waals surface area contributed by atoms with Gasteiger partial charge in [-0.2, -0.15) is 16.8 Å². The normalized spacial score (nSPS) is 11.3. The number of nitrogens with two attached hydrogens (primary N) is 2. The number of hydrogen-bond donors (Lipinski definition) is 4. The van der Waals surface area contributed by atoms with Crippen molar-refractivity contribution in [3.05, 3.63) is 47.5 Å². The first-order valence-corrected chi connectivity index (χ1v) is 9.58. The van der Waals surface area contributed by atoms with Crippen LogP contribution in [0.25, 0.3) is 0 Å². The van der Waals surface area contributed by atoms with Gasteiger partial charge in [-0.25, -0.2) is 0 Å². The largest absolute Gasteiger partial charge is 0.399 e. The monoisotopic (exact) mass is 418 g/mol. The average Bonchev–Trinajstić information content (AvgIpc) is 2.45. The Bertz CT molecular complexity index is 913. The Labute approximate surface area is 196 Å². The maximum absolute atomic E-state index is 11.4. The van der Waals surface area contributed by atoms with Crippen molar-refractivity contribution in [2.24, 2.45) is 0 Å². The summed E-state index contributed by atoms with van der Waals surface area (Å²) in [6, 6.07) is 8.05. The first kappa shape index (κ1) is 25.9. The van der Waals surface area contributed by atoms with Crippen molar-refractivity contribution in [2.45, 2.75) is 22.6 Å². The van der Waals surface area contributed by atoms with E-state index in [1.54, 1.807) is 0 Å². The Balaban J connectivity index is 0.00000312. The zero-order valence-electron chi connectivity index (χ0n) is 14.4. The van der Waals surface area contributed by atoms with Gasteiger partial charge in [0.1, 0.15) is 0 Å². The molecule has 12 heteroatoms. The SMILES string of the molecule is Nc1ccc(CCc2ccc(N)cc2S(=O)(=O)O)c(S(=O)(=O)O)c1.[Na].[Na]. The molecule has 2 rings (SSSR count). The second-order valence-corrected chi connectivity index (χ2v) is 7.96. The molecule has 0 aliphatic carbocycles. The van der Waals surface area contributed by atoms with Gasteiger partial charge >= 0.3 is 0 Å². The van der Waals surface area contributed by atoms with E-state index in [0.717, 1.165) is 12.1 Å². The van der Waals surface area contributed by atoms with Gasteiger partial charge in [0, 0.05) is 70.5 Å². The Hall–Kier alpha value is -0.140. The van der Waals surface area contributed by atoms with Crippen LogP contribution in [0.4, 0.5) is 11.4 Å². The summed E-state index contributed by atoms with van der Waals surface area (Å²) < 4.78 is 64.3. The molecule has 0 aliphatic heterocycles. The second-order valence-electron chi connectivity index (χ2n) is 5.18. The van der Waals surface area contributed by atoms with Crippen LogP contribution in [0.1, 0.15) is 11.1 Å². The summed E-state index contributed by atoms with van der Waals surface area (Å²) in [5.41, 5.74) is 11.9. The topological polar surface area (TPSA) is 161 Å². The van der Waals surface area contributed by atoms with Gasteiger partial charge in [-0.1, -0.05) is 12.1 Å². The van der Waals surface area contributed by atoms with E-state index in [1.165, 1.54) is 24.3 Å². The van der Waals surface area contributed by atoms with Gasteiger partial charge in [0.15, 0.2) is 0 Å². The third-order valence-corrected chi connectivity index (χ3v) is 5.27. The Morgan fingerprint density at radius 3 is 1.27 bits per heavy atom. The van der Waals surface area contributed by atoms with Crippen LogP contribution >= 0.6 is 0 Å². The van der Waals surface area contributed by atoms with E-state index < -0.39 is 20.2 Å². The molecule has 2 aromatic rings. The van der Waals surface area contributed by atoms with E-state index in [0.29, 0.717) is 0 Å². The van der Waals surface area contributed by atoms with E-state index in [2.05, 4.69) is 0 Å². The molecule has 0 aliphatic rings.